The molecule has 0 saturated carbocycles. The molecule has 5 heteroatoms. The highest BCUT2D eigenvalue weighted by molar-refractivity contribution is 9.10. The summed E-state index contributed by atoms with van der Waals surface area (Å²) in [7, 11) is 0. The van der Waals surface area contributed by atoms with E-state index in [0.29, 0.717) is 17.8 Å². The Balaban J connectivity index is 1.62. The molecule has 2 heterocycles. The first-order valence-corrected chi connectivity index (χ1v) is 10.7. The minimum atomic E-state index is -0.486. The number of hydrogen-bond acceptors (Lipinski definition) is 2. The summed E-state index contributed by atoms with van der Waals surface area (Å²) in [5, 5.41) is 0.766. The molecule has 0 radical (unpaired) electrons. The molecule has 4 aromatic rings. The van der Waals surface area contributed by atoms with Crippen molar-refractivity contribution in [2.45, 2.75) is 12.8 Å². The highest BCUT2D eigenvalue weighted by Gasteiger charge is 2.31. The third-order valence-electron chi connectivity index (χ3n) is 5.60. The maximum Gasteiger partial charge on any atom is 0.299 e. The van der Waals surface area contributed by atoms with Gasteiger partial charge in [0.25, 0.3) is 11.7 Å². The first kappa shape index (κ1) is 18.8. The minimum absolute atomic E-state index is 0.436. The normalized spacial score (nSPS) is 13.3. The number of rotatable bonds is 3. The first-order valence-electron chi connectivity index (χ1n) is 9.94. The van der Waals surface area contributed by atoms with E-state index in [-0.39, 0.29) is 0 Å². The molecule has 0 saturated heterocycles. The quantitative estimate of drug-likeness (QED) is 0.313. The number of nitrogens with zero attached hydrogens (tertiary/aromatic N) is 1. The number of carbonyl (C=O) groups excluding carboxylic acids is 2. The van der Waals surface area contributed by atoms with Gasteiger partial charge >= 0.3 is 0 Å². The summed E-state index contributed by atoms with van der Waals surface area (Å²) in [6.07, 6.45) is 1.73. The number of hydrogen-bond donors (Lipinski definition) is 1. The number of ketones is 1. The number of halogens is 1. The molecule has 4 nitrogen and oxygen atoms in total. The highest BCUT2D eigenvalue weighted by Crippen LogP contribution is 2.34. The van der Waals surface area contributed by atoms with Gasteiger partial charge in [0.05, 0.1) is 11.3 Å². The molecule has 1 N–H and O–H groups in total. The van der Waals surface area contributed by atoms with Crippen LogP contribution in [-0.2, 0) is 11.2 Å². The summed E-state index contributed by atoms with van der Waals surface area (Å²) in [6.45, 7) is 0.544. The first-order chi connectivity index (χ1) is 14.6. The van der Waals surface area contributed by atoms with Crippen molar-refractivity contribution in [3.8, 4) is 11.3 Å². The van der Waals surface area contributed by atoms with Crippen LogP contribution in [0.1, 0.15) is 22.3 Å². The van der Waals surface area contributed by atoms with Crippen LogP contribution < -0.4 is 4.90 Å². The number of aromatic amines is 1. The summed E-state index contributed by atoms with van der Waals surface area (Å²) >= 11 is 3.50. The van der Waals surface area contributed by atoms with E-state index in [4.69, 9.17) is 0 Å². The molecule has 0 spiro atoms. The molecule has 148 valence electrons. The summed E-state index contributed by atoms with van der Waals surface area (Å²) in [5.41, 5.74) is 4.75. The highest BCUT2D eigenvalue weighted by atomic mass is 79.9. The zero-order chi connectivity index (χ0) is 20.7. The zero-order valence-corrected chi connectivity index (χ0v) is 17.8. The zero-order valence-electron chi connectivity index (χ0n) is 16.2. The third-order valence-corrected chi connectivity index (χ3v) is 6.09. The van der Waals surface area contributed by atoms with Crippen LogP contribution in [0.2, 0.25) is 0 Å². The molecule has 0 bridgehead atoms. The molecule has 30 heavy (non-hydrogen) atoms. The van der Waals surface area contributed by atoms with Gasteiger partial charge in [-0.15, -0.1) is 0 Å². The Bertz CT molecular complexity index is 1280. The Labute approximate surface area is 182 Å². The number of fused-ring (bicyclic) bond motifs is 2. The van der Waals surface area contributed by atoms with Gasteiger partial charge in [0.15, 0.2) is 0 Å². The Morgan fingerprint density at radius 1 is 0.933 bits per heavy atom. The molecule has 0 fully saturated rings. The summed E-state index contributed by atoms with van der Waals surface area (Å²) < 4.78 is 0.977. The van der Waals surface area contributed by atoms with Gasteiger partial charge in [-0.05, 0) is 48.2 Å². The molecule has 3 aromatic carbocycles. The van der Waals surface area contributed by atoms with Crippen LogP contribution in [0, 0.1) is 0 Å². The lowest BCUT2D eigenvalue weighted by Crippen LogP contribution is -2.40. The standard InChI is InChI=1S/C25H19BrN2O2/c26-18-12-13-21-17(15-18)9-6-14-28(21)25(30)24(29)22-19-10-4-5-11-20(19)27-23(22)16-7-2-1-3-8-16/h1-5,7-8,10-13,15,27H,6,9,14H2. The molecule has 1 aromatic heterocycles. The second kappa shape index (κ2) is 7.58. The predicted octanol–water partition coefficient (Wildman–Crippen LogP) is 5.76. The van der Waals surface area contributed by atoms with Gasteiger partial charge in [0, 0.05) is 27.6 Å². The van der Waals surface area contributed by atoms with Crippen molar-refractivity contribution in [1.29, 1.82) is 0 Å². The van der Waals surface area contributed by atoms with Gasteiger partial charge in [-0.2, -0.15) is 0 Å². The Kier molecular flexibility index (Phi) is 4.75. The number of Topliss-reactive ketones (excluding diaryl/α,β-unsaturated/α-hetero) is 1. The van der Waals surface area contributed by atoms with Crippen LogP contribution in [0.15, 0.2) is 77.3 Å². The van der Waals surface area contributed by atoms with Gasteiger partial charge in [0.2, 0.25) is 0 Å². The molecule has 5 rings (SSSR count). The van der Waals surface area contributed by atoms with E-state index in [0.717, 1.165) is 45.0 Å². The number of benzene rings is 3. The van der Waals surface area contributed by atoms with Crippen LogP contribution in [-0.4, -0.2) is 23.2 Å². The van der Waals surface area contributed by atoms with Crippen LogP contribution in [0.5, 0.6) is 0 Å². The topological polar surface area (TPSA) is 53.2 Å². The Morgan fingerprint density at radius 3 is 2.53 bits per heavy atom. The summed E-state index contributed by atoms with van der Waals surface area (Å²) in [6, 6.07) is 23.2. The van der Waals surface area contributed by atoms with E-state index in [9.17, 15) is 9.59 Å². The van der Waals surface area contributed by atoms with Crippen molar-refractivity contribution in [3.05, 3.63) is 88.4 Å². The second-order valence-corrected chi connectivity index (χ2v) is 8.36. The monoisotopic (exact) mass is 458 g/mol. The fraction of sp³-hybridized carbons (Fsp3) is 0.120. The van der Waals surface area contributed by atoms with Gasteiger partial charge in [-0.25, -0.2) is 0 Å². The fourth-order valence-electron chi connectivity index (χ4n) is 4.21. The van der Waals surface area contributed by atoms with Crippen LogP contribution >= 0.6 is 15.9 Å². The fourth-order valence-corrected chi connectivity index (χ4v) is 4.61. The third kappa shape index (κ3) is 3.15. The second-order valence-electron chi connectivity index (χ2n) is 7.45. The van der Waals surface area contributed by atoms with E-state index < -0.39 is 11.7 Å². The van der Waals surface area contributed by atoms with E-state index in [1.165, 1.54) is 0 Å². The maximum absolute atomic E-state index is 13.6. The number of aromatic nitrogens is 1. The van der Waals surface area contributed by atoms with E-state index in [1.54, 1.807) is 4.90 Å². The van der Waals surface area contributed by atoms with Crippen molar-refractivity contribution in [2.24, 2.45) is 0 Å². The lowest BCUT2D eigenvalue weighted by molar-refractivity contribution is -0.114. The number of anilines is 1. The number of H-pyrrole nitrogens is 1. The SMILES string of the molecule is O=C(C(=O)N1CCCc2cc(Br)ccc21)c1c(-c2ccccc2)[nH]c2ccccc12. The average Bonchev–Trinajstić information content (AvgIpc) is 3.17. The van der Waals surface area contributed by atoms with Crippen LogP contribution in [0.25, 0.3) is 22.2 Å². The van der Waals surface area contributed by atoms with Crippen molar-refractivity contribution in [2.75, 3.05) is 11.4 Å². The number of para-hydroxylation sites is 1. The summed E-state index contributed by atoms with van der Waals surface area (Å²) in [4.78, 5) is 32.0. The number of amides is 1. The molecule has 1 aliphatic heterocycles. The number of carbonyl (C=O) groups is 2. The smallest absolute Gasteiger partial charge is 0.299 e. The molecule has 0 aliphatic carbocycles. The molecular formula is C25H19BrN2O2. The van der Waals surface area contributed by atoms with E-state index >= 15 is 0 Å². The van der Waals surface area contributed by atoms with E-state index in [2.05, 4.69) is 20.9 Å². The number of aryl methyl sites for hydroxylation is 1. The predicted molar refractivity (Wildman–Crippen MR) is 123 cm³/mol. The van der Waals surface area contributed by atoms with Gasteiger partial charge in [-0.3, -0.25) is 9.59 Å². The average molecular weight is 459 g/mol. The molecule has 0 atom stereocenters. The van der Waals surface area contributed by atoms with Gasteiger partial charge < -0.3 is 9.88 Å². The Morgan fingerprint density at radius 2 is 1.70 bits per heavy atom. The molecule has 1 aliphatic rings. The van der Waals surface area contributed by atoms with Crippen molar-refractivity contribution in [1.82, 2.24) is 4.98 Å². The van der Waals surface area contributed by atoms with Crippen molar-refractivity contribution < 1.29 is 9.59 Å². The van der Waals surface area contributed by atoms with E-state index in [1.807, 2.05) is 72.8 Å². The maximum atomic E-state index is 13.6. The Hall–Kier alpha value is -3.18. The minimum Gasteiger partial charge on any atom is -0.354 e. The molecule has 0 unspecified atom stereocenters. The molecule has 1 amide bonds. The van der Waals surface area contributed by atoms with Crippen molar-refractivity contribution >= 4 is 44.2 Å². The van der Waals surface area contributed by atoms with Crippen LogP contribution in [0.3, 0.4) is 0 Å². The molecular weight excluding hydrogens is 440 g/mol. The lowest BCUT2D eigenvalue weighted by atomic mass is 9.98. The summed E-state index contributed by atoms with van der Waals surface area (Å²) in [5.74, 6) is -0.970. The van der Waals surface area contributed by atoms with Crippen LogP contribution in [0.4, 0.5) is 5.69 Å². The van der Waals surface area contributed by atoms with Gasteiger partial charge in [-0.1, -0.05) is 64.5 Å². The largest absolute Gasteiger partial charge is 0.354 e. The lowest BCUT2D eigenvalue weighted by Gasteiger charge is -2.29. The number of nitrogens with one attached hydrogen (secondary N) is 1. The van der Waals surface area contributed by atoms with Gasteiger partial charge in [0.1, 0.15) is 0 Å². The van der Waals surface area contributed by atoms with Crippen molar-refractivity contribution in [3.63, 3.8) is 0 Å².